The fourth-order valence-corrected chi connectivity index (χ4v) is 3.83. The van der Waals surface area contributed by atoms with Crippen LogP contribution in [0.3, 0.4) is 0 Å². The van der Waals surface area contributed by atoms with Crippen molar-refractivity contribution in [3.63, 3.8) is 0 Å². The maximum absolute atomic E-state index is 12.7. The van der Waals surface area contributed by atoms with E-state index < -0.39 is 6.10 Å². The van der Waals surface area contributed by atoms with Gasteiger partial charge in [-0.3, -0.25) is 4.79 Å². The predicted octanol–water partition coefficient (Wildman–Crippen LogP) is 2.18. The normalized spacial score (nSPS) is 27.5. The third kappa shape index (κ3) is 2.77. The first-order valence-electron chi connectivity index (χ1n) is 8.21. The van der Waals surface area contributed by atoms with E-state index in [1.54, 1.807) is 19.1 Å². The lowest BCUT2D eigenvalue weighted by Crippen LogP contribution is -2.44. The predicted molar refractivity (Wildman–Crippen MR) is 85.0 cm³/mol. The summed E-state index contributed by atoms with van der Waals surface area (Å²) in [6.07, 6.45) is 5.45. The molecule has 0 saturated heterocycles. The Morgan fingerprint density at radius 3 is 2.64 bits per heavy atom. The average Bonchev–Trinajstić information content (AvgIpc) is 2.93. The highest BCUT2D eigenvalue weighted by atomic mass is 16.5. The fourth-order valence-electron chi connectivity index (χ4n) is 3.83. The molecule has 0 bridgehead atoms. The number of rotatable bonds is 3. The third-order valence-corrected chi connectivity index (χ3v) is 5.24. The second-order valence-corrected chi connectivity index (χ2v) is 6.52. The van der Waals surface area contributed by atoms with Crippen LogP contribution in [-0.2, 0) is 17.6 Å². The van der Waals surface area contributed by atoms with Crippen LogP contribution in [0.1, 0.15) is 47.2 Å². The molecule has 3 rings (SSSR count). The quantitative estimate of drug-likeness (QED) is 0.931. The smallest absolute Gasteiger partial charge is 0.253 e. The van der Waals surface area contributed by atoms with Crippen LogP contribution in [0.5, 0.6) is 0 Å². The van der Waals surface area contributed by atoms with Gasteiger partial charge in [-0.25, -0.2) is 0 Å². The van der Waals surface area contributed by atoms with Gasteiger partial charge in [0.15, 0.2) is 0 Å². The highest BCUT2D eigenvalue weighted by Crippen LogP contribution is 2.28. The summed E-state index contributed by atoms with van der Waals surface area (Å²) in [4.78, 5) is 14.4. The van der Waals surface area contributed by atoms with Crippen LogP contribution in [0.4, 0.5) is 0 Å². The molecule has 1 N–H and O–H groups in total. The van der Waals surface area contributed by atoms with Gasteiger partial charge in [0.2, 0.25) is 0 Å². The van der Waals surface area contributed by atoms with Gasteiger partial charge in [0.25, 0.3) is 5.91 Å². The van der Waals surface area contributed by atoms with Gasteiger partial charge in [-0.1, -0.05) is 6.07 Å². The molecule has 0 heterocycles. The Morgan fingerprint density at radius 1 is 1.23 bits per heavy atom. The Labute approximate surface area is 132 Å². The summed E-state index contributed by atoms with van der Waals surface area (Å²) in [5.74, 6) is -0.00539. The van der Waals surface area contributed by atoms with Crippen LogP contribution in [0.15, 0.2) is 18.2 Å². The molecule has 2 aliphatic carbocycles. The van der Waals surface area contributed by atoms with E-state index in [1.807, 2.05) is 12.1 Å². The van der Waals surface area contributed by atoms with Crippen molar-refractivity contribution in [1.29, 1.82) is 0 Å². The van der Waals surface area contributed by atoms with Gasteiger partial charge >= 0.3 is 0 Å². The fraction of sp³-hybridized carbons (Fsp3) is 0.611. The van der Waals surface area contributed by atoms with E-state index in [4.69, 9.17) is 4.74 Å². The lowest BCUT2D eigenvalue weighted by molar-refractivity contribution is -0.0156. The van der Waals surface area contributed by atoms with Gasteiger partial charge in [0.1, 0.15) is 6.10 Å². The number of hydrogen-bond acceptors (Lipinski definition) is 3. The topological polar surface area (TPSA) is 49.8 Å². The molecule has 0 aromatic heterocycles. The average molecular weight is 303 g/mol. The number of likely N-dealkylation sites (N-methyl/N-ethyl adjacent to an activating group) is 1. The number of fused-ring (bicyclic) bond motifs is 1. The summed E-state index contributed by atoms with van der Waals surface area (Å²) in [5.41, 5.74) is 3.43. The summed E-state index contributed by atoms with van der Waals surface area (Å²) in [5, 5.41) is 10.3. The Balaban J connectivity index is 1.76. The lowest BCUT2D eigenvalue weighted by Gasteiger charge is -2.29. The van der Waals surface area contributed by atoms with Gasteiger partial charge in [0, 0.05) is 19.7 Å². The number of amides is 1. The second kappa shape index (κ2) is 6.39. The number of benzene rings is 1. The molecule has 0 radical (unpaired) electrons. The standard InChI is InChI=1S/C18H25NO3/c1-19(15-9-10-16(22-2)17(15)20)18(21)14-8-7-12-5-3-4-6-13(12)11-14/h7-8,11,15-17,20H,3-6,9-10H2,1-2H3/t15-,16-,17-/m1/s1. The molecule has 0 spiro atoms. The van der Waals surface area contributed by atoms with Crippen LogP contribution >= 0.6 is 0 Å². The van der Waals surface area contributed by atoms with Crippen molar-refractivity contribution in [3.8, 4) is 0 Å². The van der Waals surface area contributed by atoms with Crippen molar-refractivity contribution in [2.45, 2.75) is 56.8 Å². The summed E-state index contributed by atoms with van der Waals surface area (Å²) < 4.78 is 5.28. The molecule has 1 aromatic carbocycles. The number of carbonyl (C=O) groups is 1. The van der Waals surface area contributed by atoms with E-state index in [1.165, 1.54) is 24.0 Å². The van der Waals surface area contributed by atoms with Crippen LogP contribution in [0.2, 0.25) is 0 Å². The SMILES string of the molecule is CO[C@@H]1CC[C@@H](N(C)C(=O)c2ccc3c(c2)CCCC3)[C@H]1O. The van der Waals surface area contributed by atoms with Gasteiger partial charge in [-0.15, -0.1) is 0 Å². The van der Waals surface area contributed by atoms with E-state index in [9.17, 15) is 9.90 Å². The molecule has 1 amide bonds. The third-order valence-electron chi connectivity index (χ3n) is 5.24. The minimum Gasteiger partial charge on any atom is -0.388 e. The number of aryl methyl sites for hydroxylation is 2. The van der Waals surface area contributed by atoms with Crippen LogP contribution in [-0.4, -0.2) is 48.3 Å². The highest BCUT2D eigenvalue weighted by Gasteiger charge is 2.39. The van der Waals surface area contributed by atoms with Gasteiger partial charge < -0.3 is 14.7 Å². The Hall–Kier alpha value is -1.39. The van der Waals surface area contributed by atoms with Crippen LogP contribution in [0.25, 0.3) is 0 Å². The molecule has 0 unspecified atom stereocenters. The molecule has 4 nitrogen and oxygen atoms in total. The molecule has 22 heavy (non-hydrogen) atoms. The van der Waals surface area contributed by atoms with E-state index in [0.717, 1.165) is 31.2 Å². The zero-order valence-corrected chi connectivity index (χ0v) is 13.4. The van der Waals surface area contributed by atoms with Crippen molar-refractivity contribution >= 4 is 5.91 Å². The highest BCUT2D eigenvalue weighted by molar-refractivity contribution is 5.94. The number of methoxy groups -OCH3 is 1. The first-order valence-corrected chi connectivity index (χ1v) is 8.21. The first-order chi connectivity index (χ1) is 10.6. The molecule has 1 saturated carbocycles. The van der Waals surface area contributed by atoms with Crippen molar-refractivity contribution < 1.29 is 14.6 Å². The van der Waals surface area contributed by atoms with E-state index in [2.05, 4.69) is 6.07 Å². The van der Waals surface area contributed by atoms with Crippen molar-refractivity contribution in [2.75, 3.05) is 14.2 Å². The van der Waals surface area contributed by atoms with Gasteiger partial charge in [-0.05, 0) is 61.8 Å². The molecule has 120 valence electrons. The van der Waals surface area contributed by atoms with Crippen LogP contribution < -0.4 is 0 Å². The molecule has 1 aromatic rings. The summed E-state index contributed by atoms with van der Waals surface area (Å²) >= 11 is 0. The summed E-state index contributed by atoms with van der Waals surface area (Å²) in [6.45, 7) is 0. The van der Waals surface area contributed by atoms with Gasteiger partial charge in [0.05, 0.1) is 12.1 Å². The van der Waals surface area contributed by atoms with E-state index in [-0.39, 0.29) is 18.1 Å². The number of aliphatic hydroxyl groups excluding tert-OH is 1. The minimum absolute atomic E-state index is 0.00539. The maximum atomic E-state index is 12.7. The molecule has 2 aliphatic rings. The second-order valence-electron chi connectivity index (χ2n) is 6.52. The maximum Gasteiger partial charge on any atom is 0.253 e. The number of hydrogen-bond donors (Lipinski definition) is 1. The zero-order valence-electron chi connectivity index (χ0n) is 13.4. The monoisotopic (exact) mass is 303 g/mol. The Morgan fingerprint density at radius 2 is 1.95 bits per heavy atom. The van der Waals surface area contributed by atoms with Crippen molar-refractivity contribution in [2.24, 2.45) is 0 Å². The zero-order chi connectivity index (χ0) is 15.7. The lowest BCUT2D eigenvalue weighted by atomic mass is 9.90. The number of nitrogens with zero attached hydrogens (tertiary/aromatic N) is 1. The Kier molecular flexibility index (Phi) is 4.50. The van der Waals surface area contributed by atoms with E-state index >= 15 is 0 Å². The number of aliphatic hydroxyl groups is 1. The van der Waals surface area contributed by atoms with Crippen LogP contribution in [0, 0.1) is 0 Å². The number of ether oxygens (including phenoxy) is 1. The molecule has 0 aliphatic heterocycles. The van der Waals surface area contributed by atoms with Crippen molar-refractivity contribution in [1.82, 2.24) is 4.90 Å². The first kappa shape index (κ1) is 15.5. The molecular formula is C18H25NO3. The minimum atomic E-state index is -0.600. The summed E-state index contributed by atoms with van der Waals surface area (Å²) in [7, 11) is 3.40. The van der Waals surface area contributed by atoms with Gasteiger partial charge in [-0.2, -0.15) is 0 Å². The molecule has 4 heteroatoms. The molecule has 1 fully saturated rings. The number of carbonyl (C=O) groups excluding carboxylic acids is 1. The van der Waals surface area contributed by atoms with E-state index in [0.29, 0.717) is 0 Å². The molecule has 3 atom stereocenters. The Bertz CT molecular complexity index is 557. The largest absolute Gasteiger partial charge is 0.388 e. The molecular weight excluding hydrogens is 278 g/mol. The summed E-state index contributed by atoms with van der Waals surface area (Å²) in [6, 6.07) is 5.91. The van der Waals surface area contributed by atoms with Crippen molar-refractivity contribution in [3.05, 3.63) is 34.9 Å².